The molecule has 31 heavy (non-hydrogen) atoms. The Labute approximate surface area is 188 Å². The lowest BCUT2D eigenvalue weighted by molar-refractivity contribution is -0.122. The summed E-state index contributed by atoms with van der Waals surface area (Å²) in [6, 6.07) is 9.98. The van der Waals surface area contributed by atoms with Crippen LogP contribution in [-0.2, 0) is 4.79 Å². The van der Waals surface area contributed by atoms with Gasteiger partial charge in [0.15, 0.2) is 0 Å². The zero-order valence-corrected chi connectivity index (χ0v) is 18.0. The lowest BCUT2D eigenvalue weighted by Gasteiger charge is -2.12. The van der Waals surface area contributed by atoms with Gasteiger partial charge in [-0.1, -0.05) is 29.8 Å². The van der Waals surface area contributed by atoms with Crippen molar-refractivity contribution in [3.8, 4) is 0 Å². The third-order valence-electron chi connectivity index (χ3n) is 4.48. The third-order valence-corrected chi connectivity index (χ3v) is 7.05. The van der Waals surface area contributed by atoms with Gasteiger partial charge >= 0.3 is 0 Å². The molecule has 1 aliphatic rings. The number of thiophene rings is 1. The predicted octanol–water partition coefficient (Wildman–Crippen LogP) is 5.30. The van der Waals surface area contributed by atoms with Crippen LogP contribution in [0.4, 0.5) is 13.6 Å². The van der Waals surface area contributed by atoms with Crippen LogP contribution in [0.1, 0.15) is 15.2 Å². The van der Waals surface area contributed by atoms with Gasteiger partial charge < -0.3 is 5.32 Å². The minimum Gasteiger partial charge on any atom is -0.349 e. The molecule has 4 rings (SSSR count). The molecule has 3 aromatic rings. The van der Waals surface area contributed by atoms with Gasteiger partial charge in [0.05, 0.1) is 9.93 Å². The minimum atomic E-state index is -0.553. The van der Waals surface area contributed by atoms with Crippen LogP contribution in [0, 0.1) is 11.6 Å². The Bertz CT molecular complexity index is 1260. The van der Waals surface area contributed by atoms with Crippen molar-refractivity contribution < 1.29 is 23.2 Å². The lowest BCUT2D eigenvalue weighted by atomic mass is 10.2. The Morgan fingerprint density at radius 3 is 2.71 bits per heavy atom. The highest BCUT2D eigenvalue weighted by molar-refractivity contribution is 8.18. The summed E-state index contributed by atoms with van der Waals surface area (Å²) in [6.45, 7) is -0.0506. The van der Waals surface area contributed by atoms with E-state index in [-0.39, 0.29) is 33.5 Å². The molecule has 0 spiro atoms. The molecule has 1 fully saturated rings. The number of nitrogens with zero attached hydrogens (tertiary/aromatic N) is 1. The fourth-order valence-corrected chi connectivity index (χ4v) is 5.29. The molecule has 1 saturated heterocycles. The first kappa shape index (κ1) is 21.5. The van der Waals surface area contributed by atoms with Gasteiger partial charge in [-0.2, -0.15) is 0 Å². The van der Waals surface area contributed by atoms with Crippen LogP contribution in [-0.4, -0.2) is 35.0 Å². The first-order valence-corrected chi connectivity index (χ1v) is 11.0. The summed E-state index contributed by atoms with van der Waals surface area (Å²) in [7, 11) is 0. The van der Waals surface area contributed by atoms with Crippen LogP contribution >= 0.6 is 34.7 Å². The molecule has 5 nitrogen and oxygen atoms in total. The number of thioether (sulfide) groups is 1. The van der Waals surface area contributed by atoms with Crippen molar-refractivity contribution in [3.05, 3.63) is 74.5 Å². The maximum Gasteiger partial charge on any atom is 0.293 e. The summed E-state index contributed by atoms with van der Waals surface area (Å²) in [5.74, 6) is -1.97. The molecular weight excluding hydrogens is 466 g/mol. The maximum absolute atomic E-state index is 13.8. The number of rotatable bonds is 5. The topological polar surface area (TPSA) is 66.5 Å². The second-order valence-corrected chi connectivity index (χ2v) is 8.92. The lowest BCUT2D eigenvalue weighted by Crippen LogP contribution is -2.37. The van der Waals surface area contributed by atoms with E-state index in [1.54, 1.807) is 6.07 Å². The Morgan fingerprint density at radius 1 is 1.16 bits per heavy atom. The molecule has 0 unspecified atom stereocenters. The molecule has 1 aliphatic heterocycles. The summed E-state index contributed by atoms with van der Waals surface area (Å²) in [4.78, 5) is 38.5. The maximum atomic E-state index is 13.8. The van der Waals surface area contributed by atoms with Crippen LogP contribution in [0.25, 0.3) is 16.2 Å². The summed E-state index contributed by atoms with van der Waals surface area (Å²) >= 11 is 8.00. The van der Waals surface area contributed by atoms with Gasteiger partial charge in [0, 0.05) is 28.7 Å². The highest BCUT2D eigenvalue weighted by atomic mass is 35.5. The summed E-state index contributed by atoms with van der Waals surface area (Å²) in [6.07, 6.45) is 1.33. The van der Waals surface area contributed by atoms with Gasteiger partial charge in [-0.25, -0.2) is 8.78 Å². The van der Waals surface area contributed by atoms with Gasteiger partial charge in [-0.05, 0) is 42.1 Å². The molecule has 158 valence electrons. The highest BCUT2D eigenvalue weighted by Gasteiger charge is 2.35. The largest absolute Gasteiger partial charge is 0.349 e. The molecule has 0 saturated carbocycles. The molecule has 0 atom stereocenters. The zero-order chi connectivity index (χ0) is 22.1. The van der Waals surface area contributed by atoms with Crippen molar-refractivity contribution >= 4 is 67.9 Å². The molecule has 3 amide bonds. The molecule has 2 aromatic carbocycles. The number of nitrogens with one attached hydrogen (secondary N) is 1. The van der Waals surface area contributed by atoms with Gasteiger partial charge in [-0.15, -0.1) is 11.3 Å². The minimum absolute atomic E-state index is 0.00276. The van der Waals surface area contributed by atoms with Gasteiger partial charge in [0.1, 0.15) is 16.5 Å². The number of fused-ring (bicyclic) bond motifs is 1. The monoisotopic (exact) mass is 478 g/mol. The van der Waals surface area contributed by atoms with Crippen molar-refractivity contribution in [2.75, 3.05) is 13.1 Å². The molecule has 0 bridgehead atoms. The van der Waals surface area contributed by atoms with E-state index in [0.29, 0.717) is 21.8 Å². The second-order valence-electron chi connectivity index (χ2n) is 6.50. The Morgan fingerprint density at radius 2 is 1.94 bits per heavy atom. The molecule has 0 radical (unpaired) electrons. The van der Waals surface area contributed by atoms with Crippen LogP contribution in [0.2, 0.25) is 5.02 Å². The standard InChI is InChI=1S/C21H13ClF2N2O3S2/c22-17-13-6-5-12(23)10-15(13)30-18(17)19(27)25-7-8-26-20(28)16(31-21(26)29)9-11-3-1-2-4-14(11)24/h1-6,9-10H,7-8H2,(H,25,27)/b16-9-. The molecule has 10 heteroatoms. The zero-order valence-electron chi connectivity index (χ0n) is 15.7. The first-order chi connectivity index (χ1) is 14.8. The van der Waals surface area contributed by atoms with E-state index in [2.05, 4.69) is 5.32 Å². The molecule has 2 heterocycles. The van der Waals surface area contributed by atoms with Crippen LogP contribution in [0.3, 0.4) is 0 Å². The summed E-state index contributed by atoms with van der Waals surface area (Å²) in [5.41, 5.74) is 0.206. The Kier molecular flexibility index (Phi) is 6.08. The van der Waals surface area contributed by atoms with Crippen molar-refractivity contribution in [2.45, 2.75) is 0 Å². The average molecular weight is 479 g/mol. The normalized spacial score (nSPS) is 15.3. The summed E-state index contributed by atoms with van der Waals surface area (Å²) in [5, 5.41) is 2.90. The average Bonchev–Trinajstić information content (AvgIpc) is 3.20. The van der Waals surface area contributed by atoms with Gasteiger partial charge in [-0.3, -0.25) is 19.3 Å². The van der Waals surface area contributed by atoms with Gasteiger partial charge in [0.25, 0.3) is 17.1 Å². The smallest absolute Gasteiger partial charge is 0.293 e. The number of benzene rings is 2. The van der Waals surface area contributed by atoms with E-state index in [1.165, 1.54) is 42.5 Å². The number of amides is 3. The quantitative estimate of drug-likeness (QED) is 0.505. The van der Waals surface area contributed by atoms with E-state index in [0.717, 1.165) is 16.2 Å². The number of carbonyl (C=O) groups excluding carboxylic acids is 3. The molecular formula is C21H13ClF2N2O3S2. The molecule has 0 aliphatic carbocycles. The van der Waals surface area contributed by atoms with Crippen molar-refractivity contribution in [1.82, 2.24) is 10.2 Å². The fourth-order valence-electron chi connectivity index (χ4n) is 2.97. The van der Waals surface area contributed by atoms with E-state index in [1.807, 2.05) is 0 Å². The Balaban J connectivity index is 1.41. The number of hydrogen-bond acceptors (Lipinski definition) is 5. The summed E-state index contributed by atoms with van der Waals surface area (Å²) < 4.78 is 27.7. The van der Waals surface area contributed by atoms with Crippen molar-refractivity contribution in [1.29, 1.82) is 0 Å². The van der Waals surface area contributed by atoms with Crippen LogP contribution < -0.4 is 5.32 Å². The Hall–Kier alpha value is -2.75. The van der Waals surface area contributed by atoms with Crippen molar-refractivity contribution in [3.63, 3.8) is 0 Å². The predicted molar refractivity (Wildman–Crippen MR) is 118 cm³/mol. The van der Waals surface area contributed by atoms with E-state index in [9.17, 15) is 23.2 Å². The van der Waals surface area contributed by atoms with Crippen molar-refractivity contribution in [2.24, 2.45) is 0 Å². The first-order valence-electron chi connectivity index (χ1n) is 9.01. The SMILES string of the molecule is O=C(NCCN1C(=O)S/C(=C\c2ccccc2F)C1=O)c1sc2cc(F)ccc2c1Cl. The fraction of sp³-hybridized carbons (Fsp3) is 0.0952. The third kappa shape index (κ3) is 4.34. The number of imide groups is 1. The van der Waals surface area contributed by atoms with E-state index < -0.39 is 28.7 Å². The van der Waals surface area contributed by atoms with Gasteiger partial charge in [0.2, 0.25) is 0 Å². The molecule has 1 aromatic heterocycles. The van der Waals surface area contributed by atoms with Crippen LogP contribution in [0.15, 0.2) is 47.4 Å². The number of hydrogen-bond donors (Lipinski definition) is 1. The highest BCUT2D eigenvalue weighted by Crippen LogP contribution is 2.36. The van der Waals surface area contributed by atoms with E-state index in [4.69, 9.17) is 11.6 Å². The van der Waals surface area contributed by atoms with Crippen LogP contribution in [0.5, 0.6) is 0 Å². The van der Waals surface area contributed by atoms with E-state index >= 15 is 0 Å². The second kappa shape index (κ2) is 8.78. The number of carbonyl (C=O) groups is 3. The number of halogens is 3. The molecule has 1 N–H and O–H groups in total.